The molecule has 0 fully saturated rings. The third-order valence-electron chi connectivity index (χ3n) is 3.27. The SMILES string of the molecule is COC(=O)C(C)(C)Cn1ccc2ccc([N+](=O)[O-])cc21. The zero-order chi connectivity index (χ0) is 14.9. The Hall–Kier alpha value is -2.37. The quantitative estimate of drug-likeness (QED) is 0.489. The number of aromatic nitrogens is 1. The monoisotopic (exact) mass is 276 g/mol. The van der Waals surface area contributed by atoms with Crippen molar-refractivity contribution in [2.45, 2.75) is 20.4 Å². The molecule has 0 saturated carbocycles. The van der Waals surface area contributed by atoms with Gasteiger partial charge in [0.05, 0.1) is 23.0 Å². The van der Waals surface area contributed by atoms with E-state index in [9.17, 15) is 14.9 Å². The van der Waals surface area contributed by atoms with Crippen molar-refractivity contribution in [2.75, 3.05) is 7.11 Å². The average molecular weight is 276 g/mol. The molecule has 0 N–H and O–H groups in total. The number of nitro benzene ring substituents is 1. The highest BCUT2D eigenvalue weighted by molar-refractivity contribution is 5.83. The summed E-state index contributed by atoms with van der Waals surface area (Å²) in [5.41, 5.74) is 0.0650. The summed E-state index contributed by atoms with van der Waals surface area (Å²) in [6.07, 6.45) is 1.82. The highest BCUT2D eigenvalue weighted by Crippen LogP contribution is 2.26. The normalized spacial score (nSPS) is 11.6. The minimum absolute atomic E-state index is 0.0355. The van der Waals surface area contributed by atoms with Gasteiger partial charge >= 0.3 is 5.97 Å². The van der Waals surface area contributed by atoms with Crippen molar-refractivity contribution in [1.29, 1.82) is 0 Å². The number of hydrogen-bond acceptors (Lipinski definition) is 4. The number of rotatable bonds is 4. The molecule has 6 heteroatoms. The zero-order valence-corrected chi connectivity index (χ0v) is 11.6. The van der Waals surface area contributed by atoms with Crippen LogP contribution in [-0.4, -0.2) is 22.6 Å². The number of esters is 1. The number of methoxy groups -OCH3 is 1. The first-order valence-electron chi connectivity index (χ1n) is 6.17. The predicted octanol–water partition coefficient (Wildman–Crippen LogP) is 2.75. The average Bonchev–Trinajstić information content (AvgIpc) is 2.79. The predicted molar refractivity (Wildman–Crippen MR) is 74.4 cm³/mol. The molecule has 1 heterocycles. The van der Waals surface area contributed by atoms with Gasteiger partial charge in [-0.05, 0) is 26.0 Å². The van der Waals surface area contributed by atoms with Gasteiger partial charge in [-0.15, -0.1) is 0 Å². The molecule has 0 amide bonds. The van der Waals surface area contributed by atoms with Crippen LogP contribution in [0.15, 0.2) is 30.5 Å². The Kier molecular flexibility index (Phi) is 3.48. The van der Waals surface area contributed by atoms with Crippen molar-refractivity contribution in [2.24, 2.45) is 5.41 Å². The van der Waals surface area contributed by atoms with Gasteiger partial charge in [0.25, 0.3) is 5.69 Å². The Balaban J connectivity index is 2.42. The number of benzene rings is 1. The molecule has 0 aliphatic heterocycles. The fourth-order valence-electron chi connectivity index (χ4n) is 2.19. The maximum absolute atomic E-state index is 11.7. The van der Waals surface area contributed by atoms with Crippen molar-refractivity contribution >= 4 is 22.6 Å². The highest BCUT2D eigenvalue weighted by Gasteiger charge is 2.29. The summed E-state index contributed by atoms with van der Waals surface area (Å²) in [6, 6.07) is 6.56. The zero-order valence-electron chi connectivity index (χ0n) is 11.6. The molecule has 2 aromatic rings. The molecular weight excluding hydrogens is 260 g/mol. The number of carbonyl (C=O) groups is 1. The number of nitrogens with zero attached hydrogens (tertiary/aromatic N) is 2. The van der Waals surface area contributed by atoms with Gasteiger partial charge in [0.2, 0.25) is 0 Å². The van der Waals surface area contributed by atoms with Crippen LogP contribution in [0.2, 0.25) is 0 Å². The van der Waals surface area contributed by atoms with E-state index in [2.05, 4.69) is 0 Å². The summed E-state index contributed by atoms with van der Waals surface area (Å²) in [7, 11) is 1.35. The van der Waals surface area contributed by atoms with Gasteiger partial charge in [-0.1, -0.05) is 0 Å². The Bertz CT molecular complexity index is 673. The molecule has 0 atom stereocenters. The summed E-state index contributed by atoms with van der Waals surface area (Å²) in [5.74, 6) is -0.315. The van der Waals surface area contributed by atoms with Crippen molar-refractivity contribution in [1.82, 2.24) is 4.57 Å². The fraction of sp³-hybridized carbons (Fsp3) is 0.357. The lowest BCUT2D eigenvalue weighted by molar-refractivity contribution is -0.384. The third kappa shape index (κ3) is 2.49. The van der Waals surface area contributed by atoms with Gasteiger partial charge in [0.1, 0.15) is 0 Å². The van der Waals surface area contributed by atoms with Gasteiger partial charge < -0.3 is 9.30 Å². The second-order valence-corrected chi connectivity index (χ2v) is 5.32. The second-order valence-electron chi connectivity index (χ2n) is 5.32. The van der Waals surface area contributed by atoms with Crippen LogP contribution in [0.3, 0.4) is 0 Å². The lowest BCUT2D eigenvalue weighted by Crippen LogP contribution is -2.30. The van der Waals surface area contributed by atoms with E-state index in [1.165, 1.54) is 19.2 Å². The third-order valence-corrected chi connectivity index (χ3v) is 3.27. The van der Waals surface area contributed by atoms with Crippen LogP contribution in [0.25, 0.3) is 10.9 Å². The van der Waals surface area contributed by atoms with Crippen molar-refractivity contribution < 1.29 is 14.5 Å². The highest BCUT2D eigenvalue weighted by atomic mass is 16.6. The minimum Gasteiger partial charge on any atom is -0.469 e. The fourth-order valence-corrected chi connectivity index (χ4v) is 2.19. The van der Waals surface area contributed by atoms with Crippen molar-refractivity contribution in [3.63, 3.8) is 0 Å². The number of ether oxygens (including phenoxy) is 1. The Morgan fingerprint density at radius 3 is 2.70 bits per heavy atom. The van der Waals surface area contributed by atoms with Gasteiger partial charge in [0.15, 0.2) is 0 Å². The molecule has 6 nitrogen and oxygen atoms in total. The first kappa shape index (κ1) is 14.0. The molecular formula is C14H16N2O4. The van der Waals surface area contributed by atoms with E-state index in [0.29, 0.717) is 6.54 Å². The van der Waals surface area contributed by atoms with Gasteiger partial charge in [-0.25, -0.2) is 0 Å². The van der Waals surface area contributed by atoms with E-state index in [1.54, 1.807) is 19.9 Å². The number of hydrogen-bond donors (Lipinski definition) is 0. The van der Waals surface area contributed by atoms with Gasteiger partial charge in [-0.3, -0.25) is 14.9 Å². The number of fused-ring (bicyclic) bond motifs is 1. The van der Waals surface area contributed by atoms with Crippen molar-refractivity contribution in [3.05, 3.63) is 40.6 Å². The van der Waals surface area contributed by atoms with E-state index in [-0.39, 0.29) is 11.7 Å². The second kappa shape index (κ2) is 4.96. The largest absolute Gasteiger partial charge is 0.469 e. The molecule has 106 valence electrons. The van der Waals surface area contributed by atoms with Crippen LogP contribution in [0.1, 0.15) is 13.8 Å². The topological polar surface area (TPSA) is 74.4 Å². The van der Waals surface area contributed by atoms with Crippen LogP contribution in [0.4, 0.5) is 5.69 Å². The first-order chi connectivity index (χ1) is 9.35. The maximum Gasteiger partial charge on any atom is 0.313 e. The van der Waals surface area contributed by atoms with E-state index in [0.717, 1.165) is 10.9 Å². The molecule has 2 rings (SSSR count). The lowest BCUT2D eigenvalue weighted by Gasteiger charge is -2.22. The number of carbonyl (C=O) groups excluding carboxylic acids is 1. The van der Waals surface area contributed by atoms with E-state index < -0.39 is 10.3 Å². The van der Waals surface area contributed by atoms with Crippen LogP contribution in [-0.2, 0) is 16.1 Å². The lowest BCUT2D eigenvalue weighted by atomic mass is 9.93. The standard InChI is InChI=1S/C14H16N2O4/c1-14(2,13(17)20-3)9-15-7-6-10-4-5-11(16(18)19)8-12(10)15/h4-8H,9H2,1-3H3. The molecule has 0 aliphatic rings. The summed E-state index contributed by atoms with van der Waals surface area (Å²) in [4.78, 5) is 22.1. The molecule has 0 bridgehead atoms. The molecule has 0 spiro atoms. The molecule has 1 aromatic heterocycles. The molecule has 0 unspecified atom stereocenters. The number of non-ortho nitro benzene ring substituents is 1. The van der Waals surface area contributed by atoms with Gasteiger partial charge in [0, 0.05) is 30.3 Å². The Morgan fingerprint density at radius 2 is 2.10 bits per heavy atom. The Labute approximate surface area is 116 Å². The van der Waals surface area contributed by atoms with E-state index >= 15 is 0 Å². The Morgan fingerprint density at radius 1 is 1.40 bits per heavy atom. The van der Waals surface area contributed by atoms with Crippen molar-refractivity contribution in [3.8, 4) is 0 Å². The van der Waals surface area contributed by atoms with Crippen LogP contribution < -0.4 is 0 Å². The molecule has 20 heavy (non-hydrogen) atoms. The van der Waals surface area contributed by atoms with Crippen LogP contribution in [0, 0.1) is 15.5 Å². The molecule has 1 aromatic carbocycles. The molecule has 0 saturated heterocycles. The maximum atomic E-state index is 11.7. The number of nitro groups is 1. The van der Waals surface area contributed by atoms with Crippen LogP contribution in [0.5, 0.6) is 0 Å². The van der Waals surface area contributed by atoms with E-state index in [1.807, 2.05) is 16.8 Å². The van der Waals surface area contributed by atoms with Gasteiger partial charge in [-0.2, -0.15) is 0 Å². The smallest absolute Gasteiger partial charge is 0.313 e. The van der Waals surface area contributed by atoms with Crippen LogP contribution >= 0.6 is 0 Å². The summed E-state index contributed by atoms with van der Waals surface area (Å²) in [5, 5.41) is 11.7. The molecule has 0 aliphatic carbocycles. The molecule has 0 radical (unpaired) electrons. The summed E-state index contributed by atoms with van der Waals surface area (Å²) < 4.78 is 6.61. The first-order valence-corrected chi connectivity index (χ1v) is 6.17. The van der Waals surface area contributed by atoms with E-state index in [4.69, 9.17) is 4.74 Å². The summed E-state index contributed by atoms with van der Waals surface area (Å²) in [6.45, 7) is 3.95. The summed E-state index contributed by atoms with van der Waals surface area (Å²) >= 11 is 0. The minimum atomic E-state index is -0.703.